The molecule has 6 heteroatoms. The Hall–Kier alpha value is -1.95. The first kappa shape index (κ1) is 11.5. The number of carboxylic acid groups (broad SMARTS) is 1. The van der Waals surface area contributed by atoms with Gasteiger partial charge in [-0.2, -0.15) is 0 Å². The second-order valence-electron chi connectivity index (χ2n) is 4.12. The van der Waals surface area contributed by atoms with Crippen molar-refractivity contribution in [1.29, 1.82) is 0 Å². The Morgan fingerprint density at radius 1 is 1.41 bits per heavy atom. The van der Waals surface area contributed by atoms with Crippen LogP contribution in [-0.4, -0.2) is 29.1 Å². The van der Waals surface area contributed by atoms with E-state index in [0.29, 0.717) is 25.1 Å². The zero-order valence-electron chi connectivity index (χ0n) is 9.05. The first-order valence-electron chi connectivity index (χ1n) is 5.25. The van der Waals surface area contributed by atoms with Crippen molar-refractivity contribution in [2.24, 2.45) is 0 Å². The highest BCUT2D eigenvalue weighted by Gasteiger charge is 2.43. The standard InChI is InChI=1S/C11H12N2O4/c14-10(15)11(5-6-12-7-11)8-1-3-9(4-2-8)13(16)17/h1-4,12H,5-7H2,(H,14,15). The number of non-ortho nitro benzene ring substituents is 1. The molecule has 0 amide bonds. The van der Waals surface area contributed by atoms with Gasteiger partial charge in [-0.25, -0.2) is 0 Å². The fourth-order valence-corrected chi connectivity index (χ4v) is 2.15. The SMILES string of the molecule is O=C(O)C1(c2ccc([N+](=O)[O-])cc2)CCNC1. The summed E-state index contributed by atoms with van der Waals surface area (Å²) in [6, 6.07) is 5.75. The molecule has 0 saturated carbocycles. The first-order chi connectivity index (χ1) is 8.06. The van der Waals surface area contributed by atoms with Gasteiger partial charge >= 0.3 is 5.97 Å². The number of rotatable bonds is 3. The molecule has 1 fully saturated rings. The highest BCUT2D eigenvalue weighted by Crippen LogP contribution is 2.32. The molecular weight excluding hydrogens is 224 g/mol. The van der Waals surface area contributed by atoms with Crippen molar-refractivity contribution >= 4 is 11.7 Å². The fraction of sp³-hybridized carbons (Fsp3) is 0.364. The fourth-order valence-electron chi connectivity index (χ4n) is 2.15. The van der Waals surface area contributed by atoms with E-state index in [-0.39, 0.29) is 5.69 Å². The average Bonchev–Trinajstić information content (AvgIpc) is 2.79. The van der Waals surface area contributed by atoms with Crippen LogP contribution in [0.3, 0.4) is 0 Å². The molecule has 1 unspecified atom stereocenters. The normalized spacial score (nSPS) is 23.5. The van der Waals surface area contributed by atoms with Crippen LogP contribution in [0.4, 0.5) is 5.69 Å². The third-order valence-corrected chi connectivity index (χ3v) is 3.20. The Balaban J connectivity index is 2.38. The second kappa shape index (κ2) is 4.14. The largest absolute Gasteiger partial charge is 0.481 e. The van der Waals surface area contributed by atoms with E-state index in [9.17, 15) is 20.0 Å². The van der Waals surface area contributed by atoms with Crippen LogP contribution in [0.1, 0.15) is 12.0 Å². The summed E-state index contributed by atoms with van der Waals surface area (Å²) in [5, 5.41) is 22.9. The molecule has 6 nitrogen and oxygen atoms in total. The molecule has 17 heavy (non-hydrogen) atoms. The summed E-state index contributed by atoms with van der Waals surface area (Å²) in [4.78, 5) is 21.4. The van der Waals surface area contributed by atoms with Gasteiger partial charge in [-0.3, -0.25) is 14.9 Å². The molecule has 90 valence electrons. The van der Waals surface area contributed by atoms with Crippen LogP contribution in [0, 0.1) is 10.1 Å². The van der Waals surface area contributed by atoms with Gasteiger partial charge in [-0.1, -0.05) is 12.1 Å². The summed E-state index contributed by atoms with van der Waals surface area (Å²) in [5.41, 5.74) is -0.365. The first-order valence-corrected chi connectivity index (χ1v) is 5.25. The lowest BCUT2D eigenvalue weighted by molar-refractivity contribution is -0.384. The van der Waals surface area contributed by atoms with Gasteiger partial charge in [0.1, 0.15) is 5.41 Å². The Labute approximate surface area is 97.4 Å². The van der Waals surface area contributed by atoms with E-state index in [1.807, 2.05) is 0 Å². The van der Waals surface area contributed by atoms with Gasteiger partial charge < -0.3 is 10.4 Å². The van der Waals surface area contributed by atoms with Gasteiger partial charge in [0.15, 0.2) is 0 Å². The maximum absolute atomic E-state index is 11.4. The van der Waals surface area contributed by atoms with E-state index in [1.54, 1.807) is 0 Å². The lowest BCUT2D eigenvalue weighted by atomic mass is 9.80. The Bertz CT molecular complexity index is 449. The Kier molecular flexibility index (Phi) is 2.81. The number of hydrogen-bond donors (Lipinski definition) is 2. The molecule has 0 aromatic heterocycles. The van der Waals surface area contributed by atoms with E-state index in [1.165, 1.54) is 24.3 Å². The number of carbonyl (C=O) groups is 1. The number of nitro benzene ring substituents is 1. The number of benzene rings is 1. The minimum Gasteiger partial charge on any atom is -0.481 e. The molecule has 1 saturated heterocycles. The summed E-state index contributed by atoms with van der Waals surface area (Å²) in [7, 11) is 0. The number of nitrogens with one attached hydrogen (secondary N) is 1. The lowest BCUT2D eigenvalue weighted by Gasteiger charge is -2.23. The summed E-state index contributed by atoms with van der Waals surface area (Å²) in [5.74, 6) is -0.892. The van der Waals surface area contributed by atoms with Crippen molar-refractivity contribution in [2.75, 3.05) is 13.1 Å². The van der Waals surface area contributed by atoms with Crippen molar-refractivity contribution in [3.8, 4) is 0 Å². The molecule has 0 aliphatic carbocycles. The highest BCUT2D eigenvalue weighted by molar-refractivity contribution is 5.82. The summed E-state index contributed by atoms with van der Waals surface area (Å²) < 4.78 is 0. The van der Waals surface area contributed by atoms with Crippen LogP contribution in [0.25, 0.3) is 0 Å². The third-order valence-electron chi connectivity index (χ3n) is 3.20. The van der Waals surface area contributed by atoms with Gasteiger partial charge in [-0.15, -0.1) is 0 Å². The molecule has 0 radical (unpaired) electrons. The quantitative estimate of drug-likeness (QED) is 0.601. The van der Waals surface area contributed by atoms with E-state index >= 15 is 0 Å². The number of aliphatic carboxylic acids is 1. The Morgan fingerprint density at radius 2 is 2.06 bits per heavy atom. The molecular formula is C11H12N2O4. The zero-order valence-corrected chi connectivity index (χ0v) is 9.05. The van der Waals surface area contributed by atoms with Crippen molar-refractivity contribution in [3.05, 3.63) is 39.9 Å². The van der Waals surface area contributed by atoms with Gasteiger partial charge in [0.2, 0.25) is 0 Å². The molecule has 1 aliphatic heterocycles. The van der Waals surface area contributed by atoms with Crippen LogP contribution >= 0.6 is 0 Å². The van der Waals surface area contributed by atoms with Gasteiger partial charge in [-0.05, 0) is 18.5 Å². The third kappa shape index (κ3) is 1.87. The van der Waals surface area contributed by atoms with E-state index in [2.05, 4.69) is 5.32 Å². The number of nitrogens with zero attached hydrogens (tertiary/aromatic N) is 1. The summed E-state index contributed by atoms with van der Waals surface area (Å²) in [6.07, 6.45) is 0.500. The predicted octanol–water partition coefficient (Wildman–Crippen LogP) is 0.910. The number of nitro groups is 1. The van der Waals surface area contributed by atoms with Crippen molar-refractivity contribution < 1.29 is 14.8 Å². The molecule has 2 N–H and O–H groups in total. The van der Waals surface area contributed by atoms with Crippen LogP contribution in [-0.2, 0) is 10.2 Å². The highest BCUT2D eigenvalue weighted by atomic mass is 16.6. The molecule has 2 rings (SSSR count). The topological polar surface area (TPSA) is 92.5 Å². The molecule has 1 aromatic carbocycles. The summed E-state index contributed by atoms with van der Waals surface area (Å²) >= 11 is 0. The van der Waals surface area contributed by atoms with Gasteiger partial charge in [0.25, 0.3) is 5.69 Å². The molecule has 1 aromatic rings. The van der Waals surface area contributed by atoms with Crippen LogP contribution in [0.5, 0.6) is 0 Å². The van der Waals surface area contributed by atoms with E-state index in [0.717, 1.165) is 0 Å². The Morgan fingerprint density at radius 3 is 2.47 bits per heavy atom. The van der Waals surface area contributed by atoms with Crippen molar-refractivity contribution in [1.82, 2.24) is 5.32 Å². The maximum Gasteiger partial charge on any atom is 0.315 e. The van der Waals surface area contributed by atoms with Crippen LogP contribution in [0.2, 0.25) is 0 Å². The molecule has 0 spiro atoms. The smallest absolute Gasteiger partial charge is 0.315 e. The van der Waals surface area contributed by atoms with Gasteiger partial charge in [0.05, 0.1) is 4.92 Å². The number of carboxylic acids is 1. The minimum atomic E-state index is -0.949. The average molecular weight is 236 g/mol. The van der Waals surface area contributed by atoms with E-state index < -0.39 is 16.3 Å². The predicted molar refractivity (Wildman–Crippen MR) is 59.9 cm³/mol. The van der Waals surface area contributed by atoms with Crippen molar-refractivity contribution in [3.63, 3.8) is 0 Å². The monoisotopic (exact) mass is 236 g/mol. The lowest BCUT2D eigenvalue weighted by Crippen LogP contribution is -2.37. The minimum absolute atomic E-state index is 0.0276. The number of hydrogen-bond acceptors (Lipinski definition) is 4. The van der Waals surface area contributed by atoms with Crippen molar-refractivity contribution in [2.45, 2.75) is 11.8 Å². The molecule has 1 heterocycles. The molecule has 0 bridgehead atoms. The maximum atomic E-state index is 11.4. The van der Waals surface area contributed by atoms with Crippen LogP contribution < -0.4 is 5.32 Å². The molecule has 1 aliphatic rings. The molecule has 1 atom stereocenters. The van der Waals surface area contributed by atoms with E-state index in [4.69, 9.17) is 0 Å². The second-order valence-corrected chi connectivity index (χ2v) is 4.12. The van der Waals surface area contributed by atoms with Gasteiger partial charge in [0, 0.05) is 18.7 Å². The zero-order chi connectivity index (χ0) is 12.5. The van der Waals surface area contributed by atoms with Crippen LogP contribution in [0.15, 0.2) is 24.3 Å². The summed E-state index contributed by atoms with van der Waals surface area (Å²) in [6.45, 7) is 1.00.